The monoisotopic (exact) mass is 308 g/mol. The highest BCUT2D eigenvalue weighted by Crippen LogP contribution is 2.35. The normalized spacial score (nSPS) is 12.6. The first-order chi connectivity index (χ1) is 8.15. The smallest absolute Gasteiger partial charge is 0.456 e. The van der Waals surface area contributed by atoms with Crippen LogP contribution >= 0.6 is 23.4 Å². The summed E-state index contributed by atoms with van der Waals surface area (Å²) in [6.07, 6.45) is -4.09. The second-order valence-electron chi connectivity index (χ2n) is 3.01. The summed E-state index contributed by atoms with van der Waals surface area (Å²) in [5, 5.41) is -0.00694. The van der Waals surface area contributed by atoms with Crippen LogP contribution in [0.15, 0.2) is 11.2 Å². The van der Waals surface area contributed by atoms with Crippen molar-refractivity contribution < 1.29 is 26.7 Å². The Hall–Kier alpha value is -0.830. The van der Waals surface area contributed by atoms with E-state index >= 15 is 0 Å². The molecule has 0 aromatic carbocycles. The molecule has 0 fully saturated rings. The van der Waals surface area contributed by atoms with Gasteiger partial charge in [0.25, 0.3) is 0 Å². The van der Waals surface area contributed by atoms with Crippen LogP contribution in [-0.4, -0.2) is 34.9 Å². The molecule has 0 N–H and O–H groups in total. The number of rotatable bonds is 4. The molecule has 0 bridgehead atoms. The first-order valence-electron chi connectivity index (χ1n) is 4.31. The Morgan fingerprint density at radius 1 is 1.28 bits per heavy atom. The molecule has 0 atom stereocenters. The van der Waals surface area contributed by atoms with E-state index in [-0.39, 0.29) is 10.3 Å². The summed E-state index contributed by atoms with van der Waals surface area (Å²) in [4.78, 5) is 7.25. The second kappa shape index (κ2) is 5.43. The predicted octanol–water partition coefficient (Wildman–Crippen LogP) is 3.43. The zero-order valence-electron chi connectivity index (χ0n) is 8.76. The van der Waals surface area contributed by atoms with E-state index in [0.29, 0.717) is 0 Å². The van der Waals surface area contributed by atoms with Crippen molar-refractivity contribution in [3.05, 3.63) is 11.2 Å². The van der Waals surface area contributed by atoms with Gasteiger partial charge in [0.2, 0.25) is 5.88 Å². The van der Waals surface area contributed by atoms with Crippen molar-refractivity contribution in [2.75, 3.05) is 12.9 Å². The van der Waals surface area contributed by atoms with Crippen LogP contribution in [0.25, 0.3) is 0 Å². The maximum absolute atomic E-state index is 12.6. The molecule has 0 aliphatic heterocycles. The van der Waals surface area contributed by atoms with Gasteiger partial charge in [-0.1, -0.05) is 23.4 Å². The van der Waals surface area contributed by atoms with E-state index < -0.39 is 24.6 Å². The summed E-state index contributed by atoms with van der Waals surface area (Å²) in [6, 6.07) is 0.952. The molecule has 0 aliphatic rings. The summed E-state index contributed by atoms with van der Waals surface area (Å²) in [6.45, 7) is -1.86. The Morgan fingerprint density at radius 2 is 1.89 bits per heavy atom. The van der Waals surface area contributed by atoms with Crippen LogP contribution in [0, 0.1) is 0 Å². The second-order valence-corrected chi connectivity index (χ2v) is 4.17. The first kappa shape index (κ1) is 15.2. The molecular formula is C8H6ClF5N2OS. The molecule has 102 valence electrons. The molecule has 1 aromatic heterocycles. The Morgan fingerprint density at radius 3 is 2.39 bits per heavy atom. The van der Waals surface area contributed by atoms with Crippen molar-refractivity contribution in [3.8, 4) is 5.88 Å². The van der Waals surface area contributed by atoms with Gasteiger partial charge >= 0.3 is 12.1 Å². The quantitative estimate of drug-likeness (QED) is 0.369. The number of alkyl halides is 5. The standard InChI is InChI=1S/C8H6ClF5N2OS/c1-18-6-15-4(9)2-5(16-6)17-3-7(10,11)8(12,13)14/h2H,3H2,1H3. The molecule has 0 unspecified atom stereocenters. The molecule has 10 heteroatoms. The summed E-state index contributed by atoms with van der Waals surface area (Å²) < 4.78 is 65.0. The van der Waals surface area contributed by atoms with Crippen LogP contribution in [-0.2, 0) is 0 Å². The highest BCUT2D eigenvalue weighted by molar-refractivity contribution is 7.98. The number of nitrogens with zero attached hydrogens (tertiary/aromatic N) is 2. The average molecular weight is 309 g/mol. The third-order valence-corrected chi connectivity index (χ3v) is 2.39. The lowest BCUT2D eigenvalue weighted by atomic mass is 10.3. The van der Waals surface area contributed by atoms with Gasteiger partial charge in [-0.2, -0.15) is 26.9 Å². The molecule has 0 spiro atoms. The number of hydrogen-bond donors (Lipinski definition) is 0. The van der Waals surface area contributed by atoms with Crippen LogP contribution in [0.4, 0.5) is 22.0 Å². The molecule has 1 heterocycles. The molecule has 0 radical (unpaired) electrons. The van der Waals surface area contributed by atoms with E-state index in [2.05, 4.69) is 14.7 Å². The van der Waals surface area contributed by atoms with Gasteiger partial charge in [0.05, 0.1) is 0 Å². The lowest BCUT2D eigenvalue weighted by Gasteiger charge is -2.19. The minimum absolute atomic E-state index is 0.104. The Labute approximate surface area is 108 Å². The molecule has 0 amide bonds. The molecular weight excluding hydrogens is 303 g/mol. The minimum atomic E-state index is -5.67. The maximum atomic E-state index is 12.6. The van der Waals surface area contributed by atoms with E-state index in [1.54, 1.807) is 6.26 Å². The van der Waals surface area contributed by atoms with Gasteiger partial charge in [-0.25, -0.2) is 4.98 Å². The van der Waals surface area contributed by atoms with Crippen LogP contribution < -0.4 is 4.74 Å². The predicted molar refractivity (Wildman–Crippen MR) is 55.3 cm³/mol. The number of thioether (sulfide) groups is 1. The van der Waals surface area contributed by atoms with E-state index in [9.17, 15) is 22.0 Å². The summed E-state index contributed by atoms with van der Waals surface area (Å²) in [7, 11) is 0. The van der Waals surface area contributed by atoms with Crippen LogP contribution in [0.5, 0.6) is 5.88 Å². The van der Waals surface area contributed by atoms with E-state index in [0.717, 1.165) is 17.8 Å². The van der Waals surface area contributed by atoms with Gasteiger partial charge in [-0.3, -0.25) is 0 Å². The van der Waals surface area contributed by atoms with Gasteiger partial charge in [-0.15, -0.1) is 0 Å². The number of ether oxygens (including phenoxy) is 1. The molecule has 1 rings (SSSR count). The highest BCUT2D eigenvalue weighted by atomic mass is 35.5. The fourth-order valence-electron chi connectivity index (χ4n) is 0.789. The van der Waals surface area contributed by atoms with Gasteiger partial charge in [0.1, 0.15) is 5.15 Å². The van der Waals surface area contributed by atoms with Crippen molar-refractivity contribution in [1.29, 1.82) is 0 Å². The average Bonchev–Trinajstić information content (AvgIpc) is 2.24. The molecule has 0 aliphatic carbocycles. The van der Waals surface area contributed by atoms with Crippen LogP contribution in [0.2, 0.25) is 5.15 Å². The first-order valence-corrected chi connectivity index (χ1v) is 5.92. The molecule has 18 heavy (non-hydrogen) atoms. The number of halogens is 6. The van der Waals surface area contributed by atoms with Crippen molar-refractivity contribution >= 4 is 23.4 Å². The third-order valence-electron chi connectivity index (χ3n) is 1.65. The van der Waals surface area contributed by atoms with Crippen molar-refractivity contribution in [2.45, 2.75) is 17.3 Å². The van der Waals surface area contributed by atoms with E-state index in [1.807, 2.05) is 0 Å². The molecule has 0 saturated carbocycles. The van der Waals surface area contributed by atoms with Gasteiger partial charge in [0, 0.05) is 6.07 Å². The Kier molecular flexibility index (Phi) is 4.60. The van der Waals surface area contributed by atoms with E-state index in [4.69, 9.17) is 11.6 Å². The Balaban J connectivity index is 2.78. The van der Waals surface area contributed by atoms with Gasteiger partial charge in [-0.05, 0) is 6.26 Å². The summed E-state index contributed by atoms with van der Waals surface area (Å²) in [5.74, 6) is -5.40. The lowest BCUT2D eigenvalue weighted by Crippen LogP contribution is -2.41. The summed E-state index contributed by atoms with van der Waals surface area (Å²) >= 11 is 6.55. The highest BCUT2D eigenvalue weighted by Gasteiger charge is 2.58. The molecule has 0 saturated heterocycles. The van der Waals surface area contributed by atoms with Crippen molar-refractivity contribution in [1.82, 2.24) is 9.97 Å². The Bertz CT molecular complexity index is 428. The zero-order valence-corrected chi connectivity index (χ0v) is 10.3. The number of hydrogen-bond acceptors (Lipinski definition) is 4. The SMILES string of the molecule is CSc1nc(Cl)cc(OCC(F)(F)C(F)(F)F)n1. The van der Waals surface area contributed by atoms with Crippen LogP contribution in [0.3, 0.4) is 0 Å². The fraction of sp³-hybridized carbons (Fsp3) is 0.500. The van der Waals surface area contributed by atoms with Crippen molar-refractivity contribution in [2.24, 2.45) is 0 Å². The van der Waals surface area contributed by atoms with Crippen molar-refractivity contribution in [3.63, 3.8) is 0 Å². The molecule has 3 nitrogen and oxygen atoms in total. The maximum Gasteiger partial charge on any atom is 0.456 e. The molecule has 1 aromatic rings. The summed E-state index contributed by atoms with van der Waals surface area (Å²) in [5.41, 5.74) is 0. The zero-order chi connectivity index (χ0) is 14.0. The largest absolute Gasteiger partial charge is 0.471 e. The number of aromatic nitrogens is 2. The van der Waals surface area contributed by atoms with Gasteiger partial charge < -0.3 is 4.74 Å². The van der Waals surface area contributed by atoms with E-state index in [1.165, 1.54) is 0 Å². The third kappa shape index (κ3) is 3.84. The van der Waals surface area contributed by atoms with Crippen LogP contribution in [0.1, 0.15) is 0 Å². The van der Waals surface area contributed by atoms with Gasteiger partial charge in [0.15, 0.2) is 11.8 Å². The lowest BCUT2D eigenvalue weighted by molar-refractivity contribution is -0.290. The minimum Gasteiger partial charge on any atom is -0.471 e. The fourth-order valence-corrected chi connectivity index (χ4v) is 1.38. The topological polar surface area (TPSA) is 35.0 Å².